The molecule has 1 aliphatic heterocycles. The number of rotatable bonds is 5. The highest BCUT2D eigenvalue weighted by Gasteiger charge is 2.39. The molecule has 1 aromatic carbocycles. The second-order valence-corrected chi connectivity index (χ2v) is 8.92. The highest BCUT2D eigenvalue weighted by molar-refractivity contribution is 6.31. The topological polar surface area (TPSA) is 55.8 Å². The van der Waals surface area contributed by atoms with Crippen LogP contribution in [0.15, 0.2) is 18.2 Å². The average molecular weight is 410 g/mol. The zero-order chi connectivity index (χ0) is 20.9. The molecule has 0 bridgehead atoms. The number of ether oxygens (including phenoxy) is 2. The van der Waals surface area contributed by atoms with Gasteiger partial charge in [-0.3, -0.25) is 4.79 Å². The number of nitrogens with zero attached hydrogens (tertiary/aromatic N) is 1. The lowest BCUT2D eigenvalue weighted by Gasteiger charge is -2.42. The minimum atomic E-state index is -0.511. The van der Waals surface area contributed by atoms with Gasteiger partial charge < -0.3 is 14.4 Å². The monoisotopic (exact) mass is 409 g/mol. The van der Waals surface area contributed by atoms with Crippen molar-refractivity contribution in [2.75, 3.05) is 19.7 Å². The van der Waals surface area contributed by atoms with E-state index >= 15 is 0 Å². The standard InChI is InChI=1S/C22H32ClNO4/c1-6-27-19(25)9-10-22(17-7-8-18(23)16(2)15-17)11-13-24(14-12-22)20(26)28-21(3,4)5/h7-8,15H,6,9-14H2,1-5H3. The number of amides is 1. The van der Waals surface area contributed by atoms with Crippen LogP contribution in [0.5, 0.6) is 0 Å². The number of piperidine rings is 1. The smallest absolute Gasteiger partial charge is 0.410 e. The number of hydrogen-bond donors (Lipinski definition) is 0. The summed E-state index contributed by atoms with van der Waals surface area (Å²) in [6, 6.07) is 6.07. The molecule has 0 saturated carbocycles. The van der Waals surface area contributed by atoms with Crippen molar-refractivity contribution in [1.82, 2.24) is 4.90 Å². The number of carbonyl (C=O) groups is 2. The Morgan fingerprint density at radius 2 is 1.86 bits per heavy atom. The Labute approximate surface area is 173 Å². The largest absolute Gasteiger partial charge is 0.466 e. The van der Waals surface area contributed by atoms with Crippen LogP contribution in [0.2, 0.25) is 5.02 Å². The summed E-state index contributed by atoms with van der Waals surface area (Å²) in [6.45, 7) is 11.0. The quantitative estimate of drug-likeness (QED) is 0.622. The Morgan fingerprint density at radius 3 is 2.39 bits per heavy atom. The third-order valence-electron chi connectivity index (χ3n) is 5.26. The Bertz CT molecular complexity index is 703. The molecule has 0 aliphatic carbocycles. The maximum absolute atomic E-state index is 12.4. The lowest BCUT2D eigenvalue weighted by Crippen LogP contribution is -2.47. The summed E-state index contributed by atoms with van der Waals surface area (Å²) in [5, 5.41) is 0.732. The number of halogens is 1. The highest BCUT2D eigenvalue weighted by atomic mass is 35.5. The van der Waals surface area contributed by atoms with Crippen molar-refractivity contribution < 1.29 is 19.1 Å². The van der Waals surface area contributed by atoms with Crippen LogP contribution in [0.1, 0.15) is 64.5 Å². The summed E-state index contributed by atoms with van der Waals surface area (Å²) < 4.78 is 10.6. The van der Waals surface area contributed by atoms with E-state index in [1.807, 2.05) is 46.8 Å². The van der Waals surface area contributed by atoms with E-state index in [0.29, 0.717) is 32.5 Å². The van der Waals surface area contributed by atoms with Gasteiger partial charge in [0.05, 0.1) is 6.61 Å². The van der Waals surface area contributed by atoms with Gasteiger partial charge in [0.25, 0.3) is 0 Å². The number of aryl methyl sites for hydroxylation is 1. The molecule has 1 amide bonds. The fourth-order valence-electron chi connectivity index (χ4n) is 3.68. The predicted molar refractivity (Wildman–Crippen MR) is 111 cm³/mol. The molecule has 0 atom stereocenters. The van der Waals surface area contributed by atoms with Gasteiger partial charge in [0.2, 0.25) is 0 Å². The van der Waals surface area contributed by atoms with Gasteiger partial charge in [0, 0.05) is 24.5 Å². The first-order valence-corrected chi connectivity index (χ1v) is 10.3. The molecule has 1 fully saturated rings. The summed E-state index contributed by atoms with van der Waals surface area (Å²) in [4.78, 5) is 26.2. The molecule has 0 radical (unpaired) electrons. The molecular formula is C22H32ClNO4. The molecular weight excluding hydrogens is 378 g/mol. The molecule has 156 valence electrons. The first-order valence-electron chi connectivity index (χ1n) is 9.96. The second kappa shape index (κ2) is 9.17. The zero-order valence-corrected chi connectivity index (χ0v) is 18.4. The fourth-order valence-corrected chi connectivity index (χ4v) is 3.79. The molecule has 28 heavy (non-hydrogen) atoms. The first-order chi connectivity index (χ1) is 13.1. The van der Waals surface area contributed by atoms with Crippen LogP contribution in [-0.4, -0.2) is 42.3 Å². The zero-order valence-electron chi connectivity index (χ0n) is 17.6. The van der Waals surface area contributed by atoms with Crippen LogP contribution >= 0.6 is 11.6 Å². The highest BCUT2D eigenvalue weighted by Crippen LogP contribution is 2.41. The maximum Gasteiger partial charge on any atom is 0.410 e. The molecule has 0 spiro atoms. The van der Waals surface area contributed by atoms with Crippen molar-refractivity contribution >= 4 is 23.7 Å². The van der Waals surface area contributed by atoms with Gasteiger partial charge in [-0.05, 0) is 76.5 Å². The Kier molecular flexibility index (Phi) is 7.38. The minimum absolute atomic E-state index is 0.179. The van der Waals surface area contributed by atoms with E-state index in [1.165, 1.54) is 5.56 Å². The van der Waals surface area contributed by atoms with Gasteiger partial charge >= 0.3 is 12.1 Å². The number of likely N-dealkylation sites (tertiary alicyclic amines) is 1. The number of hydrogen-bond acceptors (Lipinski definition) is 4. The molecule has 0 N–H and O–H groups in total. The van der Waals surface area contributed by atoms with Gasteiger partial charge in [-0.15, -0.1) is 0 Å². The van der Waals surface area contributed by atoms with E-state index < -0.39 is 5.60 Å². The van der Waals surface area contributed by atoms with E-state index in [9.17, 15) is 9.59 Å². The summed E-state index contributed by atoms with van der Waals surface area (Å²) in [5.41, 5.74) is 1.50. The van der Waals surface area contributed by atoms with Crippen LogP contribution in [0.3, 0.4) is 0 Å². The fraction of sp³-hybridized carbons (Fsp3) is 0.636. The summed E-state index contributed by atoms with van der Waals surface area (Å²) >= 11 is 6.22. The molecule has 0 aromatic heterocycles. The van der Waals surface area contributed by atoms with Crippen LogP contribution in [0.25, 0.3) is 0 Å². The molecule has 2 rings (SSSR count). The van der Waals surface area contributed by atoms with Crippen molar-refractivity contribution in [2.24, 2.45) is 0 Å². The summed E-state index contributed by atoms with van der Waals surface area (Å²) in [7, 11) is 0. The predicted octanol–water partition coefficient (Wildman–Crippen LogP) is 5.26. The van der Waals surface area contributed by atoms with Crippen molar-refractivity contribution in [3.05, 3.63) is 34.3 Å². The van der Waals surface area contributed by atoms with Crippen LogP contribution < -0.4 is 0 Å². The van der Waals surface area contributed by atoms with Crippen LogP contribution in [0.4, 0.5) is 4.79 Å². The van der Waals surface area contributed by atoms with E-state index in [4.69, 9.17) is 21.1 Å². The van der Waals surface area contributed by atoms with Crippen LogP contribution in [-0.2, 0) is 19.7 Å². The van der Waals surface area contributed by atoms with Crippen molar-refractivity contribution in [2.45, 2.75) is 71.3 Å². The van der Waals surface area contributed by atoms with Gasteiger partial charge in [-0.2, -0.15) is 0 Å². The summed E-state index contributed by atoms with van der Waals surface area (Å²) in [6.07, 6.45) is 2.31. The molecule has 6 heteroatoms. The van der Waals surface area contributed by atoms with Gasteiger partial charge in [-0.1, -0.05) is 23.7 Å². The maximum atomic E-state index is 12.4. The van der Waals surface area contributed by atoms with Gasteiger partial charge in [0.1, 0.15) is 5.60 Å². The van der Waals surface area contributed by atoms with Gasteiger partial charge in [0.15, 0.2) is 0 Å². The molecule has 1 heterocycles. The van der Waals surface area contributed by atoms with Gasteiger partial charge in [-0.25, -0.2) is 4.79 Å². The lowest BCUT2D eigenvalue weighted by molar-refractivity contribution is -0.143. The number of benzene rings is 1. The summed E-state index contributed by atoms with van der Waals surface area (Å²) in [5.74, 6) is -0.179. The average Bonchev–Trinajstić information content (AvgIpc) is 2.61. The first kappa shape index (κ1) is 22.5. The molecule has 0 unspecified atom stereocenters. The normalized spacial score (nSPS) is 16.6. The molecule has 5 nitrogen and oxygen atoms in total. The number of carbonyl (C=O) groups excluding carboxylic acids is 2. The van der Waals surface area contributed by atoms with Crippen molar-refractivity contribution in [1.29, 1.82) is 0 Å². The van der Waals surface area contributed by atoms with E-state index in [-0.39, 0.29) is 17.5 Å². The van der Waals surface area contributed by atoms with E-state index in [0.717, 1.165) is 23.4 Å². The third-order valence-corrected chi connectivity index (χ3v) is 5.68. The van der Waals surface area contributed by atoms with E-state index in [2.05, 4.69) is 6.07 Å². The Morgan fingerprint density at radius 1 is 1.21 bits per heavy atom. The SMILES string of the molecule is CCOC(=O)CCC1(c2ccc(Cl)c(C)c2)CCN(C(=O)OC(C)(C)C)CC1. The number of esters is 1. The Hall–Kier alpha value is -1.75. The molecule has 1 aliphatic rings. The van der Waals surface area contributed by atoms with Crippen LogP contribution in [0, 0.1) is 6.92 Å². The molecule has 1 aromatic rings. The third kappa shape index (κ3) is 5.87. The second-order valence-electron chi connectivity index (χ2n) is 8.52. The van der Waals surface area contributed by atoms with Crippen molar-refractivity contribution in [3.8, 4) is 0 Å². The van der Waals surface area contributed by atoms with Crippen molar-refractivity contribution in [3.63, 3.8) is 0 Å². The molecule has 1 saturated heterocycles. The minimum Gasteiger partial charge on any atom is -0.466 e. The Balaban J connectivity index is 2.18. The van der Waals surface area contributed by atoms with E-state index in [1.54, 1.807) is 4.90 Å². The lowest BCUT2D eigenvalue weighted by atomic mass is 9.69.